The van der Waals surface area contributed by atoms with Crippen LogP contribution in [-0.2, 0) is 11.3 Å². The third-order valence-corrected chi connectivity index (χ3v) is 5.26. The van der Waals surface area contributed by atoms with Crippen LogP contribution in [0.2, 0.25) is 0 Å². The van der Waals surface area contributed by atoms with Crippen molar-refractivity contribution in [1.82, 2.24) is 14.7 Å². The molecule has 138 valence electrons. The number of aromatic nitrogens is 2. The van der Waals surface area contributed by atoms with Crippen molar-refractivity contribution in [2.75, 3.05) is 13.1 Å². The van der Waals surface area contributed by atoms with Gasteiger partial charge in [0.2, 0.25) is 11.3 Å². The molecule has 2 heterocycles. The number of amides is 1. The number of likely N-dealkylation sites (tertiary alicyclic amines) is 1. The average Bonchev–Trinajstić information content (AvgIpc) is 2.71. The lowest BCUT2D eigenvalue weighted by Crippen LogP contribution is -2.40. The molecule has 1 amide bonds. The van der Waals surface area contributed by atoms with Crippen LogP contribution >= 0.6 is 0 Å². The zero-order valence-electron chi connectivity index (χ0n) is 14.9. The summed E-state index contributed by atoms with van der Waals surface area (Å²) in [6.45, 7) is 1.52. The van der Waals surface area contributed by atoms with Crippen molar-refractivity contribution in [3.63, 3.8) is 0 Å². The number of aromatic hydroxyl groups is 1. The van der Waals surface area contributed by atoms with Gasteiger partial charge in [0, 0.05) is 18.5 Å². The number of para-hydroxylation sites is 1. The van der Waals surface area contributed by atoms with Crippen LogP contribution in [0.5, 0.6) is 5.75 Å². The van der Waals surface area contributed by atoms with Crippen LogP contribution in [0.1, 0.15) is 24.3 Å². The number of hydrogen-bond acceptors (Lipinski definition) is 4. The Kier molecular flexibility index (Phi) is 4.62. The van der Waals surface area contributed by atoms with Gasteiger partial charge in [0.1, 0.15) is 12.3 Å². The van der Waals surface area contributed by atoms with Crippen molar-refractivity contribution < 1.29 is 9.90 Å². The van der Waals surface area contributed by atoms with Gasteiger partial charge in [-0.1, -0.05) is 24.3 Å². The SMILES string of the molecule is O=C(Cn1ncc(=O)c2ccccc21)N1CCC(c2ccc(O)cc2)CC1. The van der Waals surface area contributed by atoms with Crippen LogP contribution in [0.15, 0.2) is 59.5 Å². The molecule has 4 rings (SSSR count). The highest BCUT2D eigenvalue weighted by atomic mass is 16.3. The Balaban J connectivity index is 1.44. The maximum absolute atomic E-state index is 12.7. The lowest BCUT2D eigenvalue weighted by Gasteiger charge is -2.32. The highest BCUT2D eigenvalue weighted by Crippen LogP contribution is 2.29. The first kappa shape index (κ1) is 17.3. The van der Waals surface area contributed by atoms with Gasteiger partial charge in [0.05, 0.1) is 11.7 Å². The number of piperidine rings is 1. The Labute approximate surface area is 156 Å². The highest BCUT2D eigenvalue weighted by molar-refractivity contribution is 5.81. The number of hydrogen-bond donors (Lipinski definition) is 1. The van der Waals surface area contributed by atoms with Crippen molar-refractivity contribution in [3.05, 3.63) is 70.5 Å². The molecule has 0 atom stereocenters. The molecule has 27 heavy (non-hydrogen) atoms. The summed E-state index contributed by atoms with van der Waals surface area (Å²) in [5.74, 6) is 0.689. The lowest BCUT2D eigenvalue weighted by molar-refractivity contribution is -0.133. The predicted octanol–water partition coefficient (Wildman–Crippen LogP) is 2.51. The topological polar surface area (TPSA) is 75.4 Å². The Bertz CT molecular complexity index is 1020. The number of fused-ring (bicyclic) bond motifs is 1. The van der Waals surface area contributed by atoms with Gasteiger partial charge in [-0.15, -0.1) is 0 Å². The second kappa shape index (κ2) is 7.23. The van der Waals surface area contributed by atoms with Gasteiger partial charge in [-0.2, -0.15) is 5.10 Å². The Hall–Kier alpha value is -3.15. The molecule has 3 aromatic rings. The van der Waals surface area contributed by atoms with E-state index < -0.39 is 0 Å². The highest BCUT2D eigenvalue weighted by Gasteiger charge is 2.24. The summed E-state index contributed by atoms with van der Waals surface area (Å²) >= 11 is 0. The van der Waals surface area contributed by atoms with Crippen LogP contribution in [0, 0.1) is 0 Å². The summed E-state index contributed by atoms with van der Waals surface area (Å²) in [5, 5.41) is 14.1. The van der Waals surface area contributed by atoms with E-state index >= 15 is 0 Å². The van der Waals surface area contributed by atoms with Crippen LogP contribution in [0.25, 0.3) is 10.9 Å². The molecule has 0 saturated carbocycles. The van der Waals surface area contributed by atoms with Crippen molar-refractivity contribution in [1.29, 1.82) is 0 Å². The summed E-state index contributed by atoms with van der Waals surface area (Å²) in [6, 6.07) is 14.5. The predicted molar refractivity (Wildman–Crippen MR) is 103 cm³/mol. The van der Waals surface area contributed by atoms with E-state index in [0.29, 0.717) is 29.9 Å². The van der Waals surface area contributed by atoms with E-state index in [1.165, 1.54) is 11.8 Å². The Morgan fingerprint density at radius 2 is 1.78 bits per heavy atom. The molecule has 1 aromatic heterocycles. The fourth-order valence-electron chi connectivity index (χ4n) is 3.72. The third-order valence-electron chi connectivity index (χ3n) is 5.26. The molecule has 1 fully saturated rings. The number of carbonyl (C=O) groups excluding carboxylic acids is 1. The van der Waals surface area contributed by atoms with E-state index in [0.717, 1.165) is 12.8 Å². The van der Waals surface area contributed by atoms with E-state index in [2.05, 4.69) is 5.10 Å². The number of benzene rings is 2. The minimum absolute atomic E-state index is 0.0143. The van der Waals surface area contributed by atoms with Crippen LogP contribution < -0.4 is 5.43 Å². The summed E-state index contributed by atoms with van der Waals surface area (Å²) < 4.78 is 1.60. The first-order valence-corrected chi connectivity index (χ1v) is 9.13. The van der Waals surface area contributed by atoms with Crippen LogP contribution in [0.4, 0.5) is 0 Å². The maximum Gasteiger partial charge on any atom is 0.244 e. The molecule has 0 bridgehead atoms. The normalized spacial score (nSPS) is 15.2. The van der Waals surface area contributed by atoms with Gasteiger partial charge in [-0.3, -0.25) is 14.3 Å². The molecule has 1 N–H and O–H groups in total. The monoisotopic (exact) mass is 363 g/mol. The molecule has 1 saturated heterocycles. The molecular formula is C21H21N3O3. The van der Waals surface area contributed by atoms with E-state index in [9.17, 15) is 14.7 Å². The molecular weight excluding hydrogens is 342 g/mol. The molecule has 6 heteroatoms. The molecule has 0 aliphatic carbocycles. The molecule has 1 aliphatic heterocycles. The summed E-state index contributed by atoms with van der Waals surface area (Å²) in [5.41, 5.74) is 1.74. The maximum atomic E-state index is 12.7. The van der Waals surface area contributed by atoms with E-state index in [1.54, 1.807) is 22.9 Å². The smallest absolute Gasteiger partial charge is 0.244 e. The quantitative estimate of drug-likeness (QED) is 0.776. The van der Waals surface area contributed by atoms with E-state index in [4.69, 9.17) is 0 Å². The molecule has 6 nitrogen and oxygen atoms in total. The number of nitrogens with zero attached hydrogens (tertiary/aromatic N) is 3. The van der Waals surface area contributed by atoms with Crippen molar-refractivity contribution in [3.8, 4) is 5.75 Å². The Morgan fingerprint density at radius 3 is 2.52 bits per heavy atom. The zero-order valence-corrected chi connectivity index (χ0v) is 14.9. The third kappa shape index (κ3) is 3.56. The van der Waals surface area contributed by atoms with Crippen molar-refractivity contribution in [2.45, 2.75) is 25.3 Å². The summed E-state index contributed by atoms with van der Waals surface area (Å²) in [7, 11) is 0. The molecule has 2 aromatic carbocycles. The zero-order chi connectivity index (χ0) is 18.8. The fourth-order valence-corrected chi connectivity index (χ4v) is 3.72. The largest absolute Gasteiger partial charge is 0.508 e. The molecule has 0 spiro atoms. The molecule has 0 radical (unpaired) electrons. The first-order valence-electron chi connectivity index (χ1n) is 9.13. The first-order chi connectivity index (χ1) is 13.1. The van der Waals surface area contributed by atoms with Crippen molar-refractivity contribution in [2.24, 2.45) is 0 Å². The van der Waals surface area contributed by atoms with Gasteiger partial charge in [-0.05, 0) is 48.6 Å². The summed E-state index contributed by atoms with van der Waals surface area (Å²) in [4.78, 5) is 26.5. The number of phenols is 1. The minimum Gasteiger partial charge on any atom is -0.508 e. The standard InChI is InChI=1S/C21H21N3O3/c25-17-7-5-15(6-8-17)16-9-11-23(12-10-16)21(27)14-24-19-4-2-1-3-18(19)20(26)13-22-24/h1-8,13,16,25H,9-12,14H2. The summed E-state index contributed by atoms with van der Waals surface area (Å²) in [6.07, 6.45) is 3.07. The van der Waals surface area contributed by atoms with E-state index in [-0.39, 0.29) is 23.6 Å². The van der Waals surface area contributed by atoms with Gasteiger partial charge in [-0.25, -0.2) is 0 Å². The van der Waals surface area contributed by atoms with Gasteiger partial charge in [0.25, 0.3) is 0 Å². The van der Waals surface area contributed by atoms with E-state index in [1.807, 2.05) is 35.2 Å². The second-order valence-electron chi connectivity index (χ2n) is 6.93. The number of carbonyl (C=O) groups is 1. The number of phenolic OH excluding ortho intramolecular Hbond substituents is 1. The molecule has 1 aliphatic rings. The Morgan fingerprint density at radius 1 is 1.07 bits per heavy atom. The number of rotatable bonds is 3. The minimum atomic E-state index is -0.135. The van der Waals surface area contributed by atoms with Crippen molar-refractivity contribution >= 4 is 16.8 Å². The molecule has 0 unspecified atom stereocenters. The lowest BCUT2D eigenvalue weighted by atomic mass is 9.89. The van der Waals surface area contributed by atoms with Crippen LogP contribution in [0.3, 0.4) is 0 Å². The van der Waals surface area contributed by atoms with Gasteiger partial charge in [0.15, 0.2) is 0 Å². The van der Waals surface area contributed by atoms with Crippen LogP contribution in [-0.4, -0.2) is 38.8 Å². The fraction of sp³-hybridized carbons (Fsp3) is 0.286. The second-order valence-corrected chi connectivity index (χ2v) is 6.93. The average molecular weight is 363 g/mol. The van der Waals surface area contributed by atoms with Gasteiger partial charge >= 0.3 is 0 Å². The van der Waals surface area contributed by atoms with Gasteiger partial charge < -0.3 is 10.0 Å².